The zero-order valence-electron chi connectivity index (χ0n) is 10.4. The molecule has 0 atom stereocenters. The summed E-state index contributed by atoms with van der Waals surface area (Å²) < 4.78 is 16.0. The van der Waals surface area contributed by atoms with Gasteiger partial charge in [0.2, 0.25) is 0 Å². The molecular weight excluding hydrogens is 297 g/mol. The molecule has 1 aromatic carbocycles. The normalized spacial score (nSPS) is 11.2. The molecule has 0 aliphatic carbocycles. The van der Waals surface area contributed by atoms with E-state index in [0.717, 1.165) is 22.4 Å². The molecule has 0 N–H and O–H groups in total. The van der Waals surface area contributed by atoms with Crippen LogP contribution in [0.25, 0.3) is 0 Å². The smallest absolute Gasteiger partial charge is 0.124 e. The Bertz CT molecular complexity index is 519. The van der Waals surface area contributed by atoms with Gasteiger partial charge in [0.15, 0.2) is 0 Å². The van der Waals surface area contributed by atoms with Crippen LogP contribution in [0, 0.1) is 5.82 Å². The van der Waals surface area contributed by atoms with E-state index in [2.05, 4.69) is 25.8 Å². The molecule has 0 aliphatic heterocycles. The summed E-state index contributed by atoms with van der Waals surface area (Å²) in [7, 11) is 3.96. The second kappa shape index (κ2) is 5.63. The van der Waals surface area contributed by atoms with Crippen LogP contribution < -0.4 is 0 Å². The third kappa shape index (κ3) is 3.40. The minimum atomic E-state index is -0.218. The van der Waals surface area contributed by atoms with E-state index in [1.165, 1.54) is 6.07 Å². The van der Waals surface area contributed by atoms with Crippen molar-refractivity contribution >= 4 is 15.9 Å². The number of aromatic nitrogens is 2. The Morgan fingerprint density at radius 3 is 2.72 bits per heavy atom. The molecule has 0 amide bonds. The molecule has 0 spiro atoms. The lowest BCUT2D eigenvalue weighted by Gasteiger charge is -2.16. The van der Waals surface area contributed by atoms with Crippen molar-refractivity contribution in [3.05, 3.63) is 52.3 Å². The lowest BCUT2D eigenvalue weighted by atomic mass is 10.2. The first-order valence-electron chi connectivity index (χ1n) is 5.64. The van der Waals surface area contributed by atoms with Crippen LogP contribution in [0.3, 0.4) is 0 Å². The topological polar surface area (TPSA) is 21.1 Å². The molecule has 5 heteroatoms. The van der Waals surface area contributed by atoms with Gasteiger partial charge in [-0.25, -0.2) is 9.37 Å². The number of nitrogens with zero attached hydrogens (tertiary/aromatic N) is 3. The van der Waals surface area contributed by atoms with Crippen molar-refractivity contribution in [1.29, 1.82) is 0 Å². The van der Waals surface area contributed by atoms with Crippen LogP contribution in [0.5, 0.6) is 0 Å². The molecule has 0 bridgehead atoms. The second-order valence-corrected chi connectivity index (χ2v) is 5.32. The molecule has 96 valence electrons. The molecule has 1 heterocycles. The Balaban J connectivity index is 2.03. The Hall–Kier alpha value is -1.20. The highest BCUT2D eigenvalue weighted by molar-refractivity contribution is 9.10. The highest BCUT2D eigenvalue weighted by Gasteiger charge is 2.06. The molecule has 2 rings (SSSR count). The van der Waals surface area contributed by atoms with E-state index < -0.39 is 0 Å². The molecule has 0 saturated carbocycles. The van der Waals surface area contributed by atoms with Crippen molar-refractivity contribution in [2.24, 2.45) is 7.05 Å². The van der Waals surface area contributed by atoms with Gasteiger partial charge in [-0.1, -0.05) is 15.9 Å². The first-order valence-corrected chi connectivity index (χ1v) is 6.43. The van der Waals surface area contributed by atoms with Gasteiger partial charge in [0.1, 0.15) is 11.6 Å². The van der Waals surface area contributed by atoms with Crippen molar-refractivity contribution in [1.82, 2.24) is 14.5 Å². The molecule has 0 saturated heterocycles. The number of rotatable bonds is 4. The van der Waals surface area contributed by atoms with Crippen LogP contribution in [-0.4, -0.2) is 21.5 Å². The summed E-state index contributed by atoms with van der Waals surface area (Å²) >= 11 is 3.30. The largest absolute Gasteiger partial charge is 0.337 e. The highest BCUT2D eigenvalue weighted by Crippen LogP contribution is 2.16. The Morgan fingerprint density at radius 2 is 2.11 bits per heavy atom. The molecule has 0 fully saturated rings. The van der Waals surface area contributed by atoms with Gasteiger partial charge >= 0.3 is 0 Å². The van der Waals surface area contributed by atoms with E-state index >= 15 is 0 Å². The lowest BCUT2D eigenvalue weighted by Crippen LogP contribution is -2.19. The standard InChI is InChI=1S/C13H15BrFN3/c1-17(9-13-16-3-4-18(13)2)8-10-5-11(14)7-12(15)6-10/h3-7H,8-9H2,1-2H3. The van der Waals surface area contributed by atoms with Crippen LogP contribution >= 0.6 is 15.9 Å². The first-order chi connectivity index (χ1) is 8.54. The predicted molar refractivity (Wildman–Crippen MR) is 72.5 cm³/mol. The number of imidazole rings is 1. The minimum Gasteiger partial charge on any atom is -0.337 e. The van der Waals surface area contributed by atoms with Gasteiger partial charge < -0.3 is 4.57 Å². The van der Waals surface area contributed by atoms with Crippen molar-refractivity contribution in [2.45, 2.75) is 13.1 Å². The van der Waals surface area contributed by atoms with Gasteiger partial charge in [-0.3, -0.25) is 4.90 Å². The Labute approximate surface area is 114 Å². The molecule has 0 unspecified atom stereocenters. The number of benzene rings is 1. The summed E-state index contributed by atoms with van der Waals surface area (Å²) in [6, 6.07) is 4.94. The van der Waals surface area contributed by atoms with E-state index in [9.17, 15) is 4.39 Å². The zero-order valence-corrected chi connectivity index (χ0v) is 12.0. The van der Waals surface area contributed by atoms with Crippen LogP contribution in [0.4, 0.5) is 4.39 Å². The fraction of sp³-hybridized carbons (Fsp3) is 0.308. The Morgan fingerprint density at radius 1 is 1.33 bits per heavy atom. The maximum absolute atomic E-state index is 13.3. The van der Waals surface area contributed by atoms with Crippen LogP contribution in [0.1, 0.15) is 11.4 Å². The van der Waals surface area contributed by atoms with E-state index in [0.29, 0.717) is 6.54 Å². The van der Waals surface area contributed by atoms with Crippen LogP contribution in [-0.2, 0) is 20.1 Å². The van der Waals surface area contributed by atoms with Crippen LogP contribution in [0.15, 0.2) is 35.1 Å². The summed E-state index contributed by atoms with van der Waals surface area (Å²) in [5, 5.41) is 0. The third-order valence-electron chi connectivity index (χ3n) is 2.71. The summed E-state index contributed by atoms with van der Waals surface area (Å²) in [4.78, 5) is 6.37. The summed E-state index contributed by atoms with van der Waals surface area (Å²) in [5.74, 6) is 0.776. The van der Waals surface area contributed by atoms with Crippen molar-refractivity contribution in [3.63, 3.8) is 0 Å². The van der Waals surface area contributed by atoms with E-state index in [-0.39, 0.29) is 5.82 Å². The molecule has 2 aromatic rings. The number of aryl methyl sites for hydroxylation is 1. The quantitative estimate of drug-likeness (QED) is 0.865. The van der Waals surface area contributed by atoms with Crippen LogP contribution in [0.2, 0.25) is 0 Å². The Kier molecular flexibility index (Phi) is 4.14. The average molecular weight is 312 g/mol. The number of hydrogen-bond donors (Lipinski definition) is 0. The van der Waals surface area contributed by atoms with E-state index in [1.807, 2.05) is 30.9 Å². The molecule has 1 aromatic heterocycles. The molecule has 18 heavy (non-hydrogen) atoms. The average Bonchev–Trinajstić information content (AvgIpc) is 2.62. The summed E-state index contributed by atoms with van der Waals surface area (Å²) in [6.07, 6.45) is 3.70. The van der Waals surface area contributed by atoms with E-state index in [1.54, 1.807) is 12.3 Å². The second-order valence-electron chi connectivity index (χ2n) is 4.40. The minimum absolute atomic E-state index is 0.218. The predicted octanol–water partition coefficient (Wildman–Crippen LogP) is 2.95. The van der Waals surface area contributed by atoms with Crippen molar-refractivity contribution < 1.29 is 4.39 Å². The van der Waals surface area contributed by atoms with Crippen molar-refractivity contribution in [3.8, 4) is 0 Å². The van der Waals surface area contributed by atoms with Gasteiger partial charge in [0.25, 0.3) is 0 Å². The van der Waals surface area contributed by atoms with Gasteiger partial charge in [0.05, 0.1) is 6.54 Å². The fourth-order valence-electron chi connectivity index (χ4n) is 1.86. The SMILES string of the molecule is CN(Cc1cc(F)cc(Br)c1)Cc1nccn1C. The van der Waals surface area contributed by atoms with Gasteiger partial charge in [-0.2, -0.15) is 0 Å². The lowest BCUT2D eigenvalue weighted by molar-refractivity contribution is 0.306. The molecule has 3 nitrogen and oxygen atoms in total. The number of halogens is 2. The van der Waals surface area contributed by atoms with Gasteiger partial charge in [-0.15, -0.1) is 0 Å². The molecule has 0 aliphatic rings. The third-order valence-corrected chi connectivity index (χ3v) is 3.16. The first kappa shape index (κ1) is 13.2. The zero-order chi connectivity index (χ0) is 13.1. The van der Waals surface area contributed by atoms with Gasteiger partial charge in [-0.05, 0) is 30.8 Å². The van der Waals surface area contributed by atoms with Gasteiger partial charge in [0, 0.05) is 30.5 Å². The maximum atomic E-state index is 13.3. The summed E-state index contributed by atoms with van der Waals surface area (Å²) in [5.41, 5.74) is 0.943. The fourth-order valence-corrected chi connectivity index (χ4v) is 2.37. The summed E-state index contributed by atoms with van der Waals surface area (Å²) in [6.45, 7) is 1.42. The van der Waals surface area contributed by atoms with E-state index in [4.69, 9.17) is 0 Å². The monoisotopic (exact) mass is 311 g/mol. The highest BCUT2D eigenvalue weighted by atomic mass is 79.9. The van der Waals surface area contributed by atoms with Crippen molar-refractivity contribution in [2.75, 3.05) is 7.05 Å². The molecular formula is C13H15BrFN3. The maximum Gasteiger partial charge on any atom is 0.124 e. The molecule has 0 radical (unpaired) electrons. The number of hydrogen-bond acceptors (Lipinski definition) is 2.